The lowest BCUT2D eigenvalue weighted by Gasteiger charge is -2.09. The Morgan fingerprint density at radius 3 is 2.93 bits per heavy atom. The van der Waals surface area contributed by atoms with E-state index in [1.54, 1.807) is 0 Å². The number of benzene rings is 1. The number of aromatic nitrogens is 1. The lowest BCUT2D eigenvalue weighted by molar-refractivity contribution is 0.307. The van der Waals surface area contributed by atoms with Crippen molar-refractivity contribution in [2.75, 3.05) is 19.3 Å². The quantitative estimate of drug-likeness (QED) is 0.777. The van der Waals surface area contributed by atoms with Crippen molar-refractivity contribution < 1.29 is 4.42 Å². The Bertz CT molecular complexity index is 464. The Kier molecular flexibility index (Phi) is 2.60. The van der Waals surface area contributed by atoms with Crippen LogP contribution in [0.25, 0.3) is 11.1 Å². The highest BCUT2D eigenvalue weighted by atomic mass is 16.3. The van der Waals surface area contributed by atoms with Gasteiger partial charge in [0.1, 0.15) is 5.52 Å². The number of nitrogens with zero attached hydrogens (tertiary/aromatic N) is 2. The molecule has 0 saturated carbocycles. The fourth-order valence-electron chi connectivity index (χ4n) is 1.43. The van der Waals surface area contributed by atoms with Gasteiger partial charge in [0.05, 0.1) is 12.2 Å². The fraction of sp³-hybridized carbons (Fsp3) is 0.364. The van der Waals surface area contributed by atoms with Gasteiger partial charge >= 0.3 is 0 Å². The van der Waals surface area contributed by atoms with E-state index >= 15 is 0 Å². The third-order valence-electron chi connectivity index (χ3n) is 2.44. The van der Waals surface area contributed by atoms with Crippen LogP contribution in [0.5, 0.6) is 0 Å². The predicted octanol–water partition coefficient (Wildman–Crippen LogP) is 1.86. The summed E-state index contributed by atoms with van der Waals surface area (Å²) in [5.41, 5.74) is 7.98. The zero-order valence-corrected chi connectivity index (χ0v) is 9.03. The molecule has 2 aromatic rings. The van der Waals surface area contributed by atoms with E-state index in [0.29, 0.717) is 18.1 Å². The van der Waals surface area contributed by atoms with Crippen LogP contribution in [0.15, 0.2) is 22.6 Å². The Morgan fingerprint density at radius 2 is 2.27 bits per heavy atom. The van der Waals surface area contributed by atoms with Crippen molar-refractivity contribution in [1.82, 2.24) is 9.88 Å². The molecule has 4 heteroatoms. The van der Waals surface area contributed by atoms with Crippen molar-refractivity contribution in [3.8, 4) is 0 Å². The van der Waals surface area contributed by atoms with Gasteiger partial charge in [-0.2, -0.15) is 0 Å². The van der Waals surface area contributed by atoms with E-state index in [1.165, 1.54) is 0 Å². The van der Waals surface area contributed by atoms with Crippen LogP contribution in [0, 0.1) is 0 Å². The van der Waals surface area contributed by atoms with Crippen molar-refractivity contribution in [3.63, 3.8) is 0 Å². The molecule has 1 heterocycles. The molecule has 0 spiro atoms. The van der Waals surface area contributed by atoms with Gasteiger partial charge in [0.15, 0.2) is 5.58 Å². The largest absolute Gasteiger partial charge is 0.439 e. The van der Waals surface area contributed by atoms with E-state index in [4.69, 9.17) is 10.2 Å². The first-order chi connectivity index (χ1) is 7.20. The average molecular weight is 205 g/mol. The standard InChI is InChI=1S/C11H15N3O/c1-3-14(2)7-10-13-11-8(12)5-4-6-9(11)15-10/h4-6H,3,7,12H2,1-2H3. The molecule has 0 radical (unpaired) electrons. The highest BCUT2D eigenvalue weighted by Crippen LogP contribution is 2.21. The van der Waals surface area contributed by atoms with E-state index in [-0.39, 0.29) is 0 Å². The number of nitrogens with two attached hydrogens (primary N) is 1. The van der Waals surface area contributed by atoms with Gasteiger partial charge in [0.2, 0.25) is 5.89 Å². The van der Waals surface area contributed by atoms with E-state index in [1.807, 2.05) is 25.2 Å². The maximum Gasteiger partial charge on any atom is 0.209 e. The van der Waals surface area contributed by atoms with Crippen molar-refractivity contribution in [3.05, 3.63) is 24.1 Å². The topological polar surface area (TPSA) is 55.3 Å². The van der Waals surface area contributed by atoms with Crippen LogP contribution in [0.3, 0.4) is 0 Å². The first kappa shape index (κ1) is 9.98. The summed E-state index contributed by atoms with van der Waals surface area (Å²) in [6.07, 6.45) is 0. The molecule has 0 amide bonds. The molecule has 0 aliphatic heterocycles. The normalized spacial score (nSPS) is 11.4. The van der Waals surface area contributed by atoms with E-state index < -0.39 is 0 Å². The van der Waals surface area contributed by atoms with Crippen LogP contribution in [-0.4, -0.2) is 23.5 Å². The van der Waals surface area contributed by atoms with E-state index in [9.17, 15) is 0 Å². The molecule has 0 unspecified atom stereocenters. The summed E-state index contributed by atoms with van der Waals surface area (Å²) in [6.45, 7) is 3.77. The van der Waals surface area contributed by atoms with Gasteiger partial charge in [-0.3, -0.25) is 4.90 Å². The summed E-state index contributed by atoms with van der Waals surface area (Å²) in [7, 11) is 2.03. The van der Waals surface area contributed by atoms with Crippen molar-refractivity contribution >= 4 is 16.8 Å². The minimum absolute atomic E-state index is 0.668. The lowest BCUT2D eigenvalue weighted by atomic mass is 10.3. The zero-order chi connectivity index (χ0) is 10.8. The highest BCUT2D eigenvalue weighted by molar-refractivity contribution is 5.85. The minimum Gasteiger partial charge on any atom is -0.439 e. The number of hydrogen-bond donors (Lipinski definition) is 1. The third-order valence-corrected chi connectivity index (χ3v) is 2.44. The molecule has 1 aromatic carbocycles. The molecule has 0 bridgehead atoms. The molecule has 1 aromatic heterocycles. The summed E-state index contributed by atoms with van der Waals surface area (Å²) in [5.74, 6) is 0.715. The molecule has 2 N–H and O–H groups in total. The van der Waals surface area contributed by atoms with Crippen LogP contribution in [0.4, 0.5) is 5.69 Å². The molecule has 15 heavy (non-hydrogen) atoms. The minimum atomic E-state index is 0.668. The van der Waals surface area contributed by atoms with Crippen LogP contribution < -0.4 is 5.73 Å². The van der Waals surface area contributed by atoms with Crippen LogP contribution >= 0.6 is 0 Å². The third kappa shape index (κ3) is 1.94. The monoisotopic (exact) mass is 205 g/mol. The first-order valence-corrected chi connectivity index (χ1v) is 5.03. The number of oxazole rings is 1. The Hall–Kier alpha value is -1.55. The molecule has 2 rings (SSSR count). The average Bonchev–Trinajstić information content (AvgIpc) is 2.62. The molecule has 80 valence electrons. The molecule has 0 aliphatic rings. The van der Waals surface area contributed by atoms with Crippen LogP contribution in [0.2, 0.25) is 0 Å². The molecule has 4 nitrogen and oxygen atoms in total. The van der Waals surface area contributed by atoms with Crippen molar-refractivity contribution in [2.45, 2.75) is 13.5 Å². The number of hydrogen-bond acceptors (Lipinski definition) is 4. The molecular weight excluding hydrogens is 190 g/mol. The summed E-state index contributed by atoms with van der Waals surface area (Å²) >= 11 is 0. The predicted molar refractivity (Wildman–Crippen MR) is 60.4 cm³/mol. The second-order valence-electron chi connectivity index (χ2n) is 3.63. The second kappa shape index (κ2) is 3.90. The number of anilines is 1. The van der Waals surface area contributed by atoms with Gasteiger partial charge in [0, 0.05) is 0 Å². The summed E-state index contributed by atoms with van der Waals surface area (Å²) in [6, 6.07) is 5.59. The van der Waals surface area contributed by atoms with Gasteiger partial charge in [-0.1, -0.05) is 13.0 Å². The highest BCUT2D eigenvalue weighted by Gasteiger charge is 2.08. The smallest absolute Gasteiger partial charge is 0.209 e. The second-order valence-corrected chi connectivity index (χ2v) is 3.63. The molecular formula is C11H15N3O. The Labute approximate surface area is 88.7 Å². The van der Waals surface area contributed by atoms with Gasteiger partial charge in [-0.25, -0.2) is 4.98 Å². The number of para-hydroxylation sites is 1. The van der Waals surface area contributed by atoms with E-state index in [0.717, 1.165) is 17.6 Å². The maximum atomic E-state index is 5.80. The first-order valence-electron chi connectivity index (χ1n) is 5.03. The van der Waals surface area contributed by atoms with Gasteiger partial charge < -0.3 is 10.2 Å². The summed E-state index contributed by atoms with van der Waals surface area (Å²) in [5, 5.41) is 0. The molecule has 0 fully saturated rings. The summed E-state index contributed by atoms with van der Waals surface area (Å²) in [4.78, 5) is 6.49. The SMILES string of the molecule is CCN(C)Cc1nc2c(N)cccc2o1. The Morgan fingerprint density at radius 1 is 1.47 bits per heavy atom. The van der Waals surface area contributed by atoms with Gasteiger partial charge in [-0.15, -0.1) is 0 Å². The molecule has 0 atom stereocenters. The number of nitrogen functional groups attached to an aromatic ring is 1. The molecule has 0 saturated heterocycles. The maximum absolute atomic E-state index is 5.80. The fourth-order valence-corrected chi connectivity index (χ4v) is 1.43. The van der Waals surface area contributed by atoms with Gasteiger partial charge in [0.25, 0.3) is 0 Å². The van der Waals surface area contributed by atoms with Crippen molar-refractivity contribution in [1.29, 1.82) is 0 Å². The van der Waals surface area contributed by atoms with Crippen molar-refractivity contribution in [2.24, 2.45) is 0 Å². The van der Waals surface area contributed by atoms with Gasteiger partial charge in [-0.05, 0) is 25.7 Å². The summed E-state index contributed by atoms with van der Waals surface area (Å²) < 4.78 is 5.59. The van der Waals surface area contributed by atoms with Crippen LogP contribution in [-0.2, 0) is 6.54 Å². The lowest BCUT2D eigenvalue weighted by Crippen LogP contribution is -2.16. The number of rotatable bonds is 3. The van der Waals surface area contributed by atoms with E-state index in [2.05, 4.69) is 16.8 Å². The zero-order valence-electron chi connectivity index (χ0n) is 9.03. The number of fused-ring (bicyclic) bond motifs is 1. The van der Waals surface area contributed by atoms with Crippen LogP contribution in [0.1, 0.15) is 12.8 Å². The molecule has 0 aliphatic carbocycles. The Balaban J connectivity index is 2.35.